The zero-order chi connectivity index (χ0) is 17.2. The van der Waals surface area contributed by atoms with Crippen LogP contribution in [0.4, 0.5) is 10.5 Å². The lowest BCUT2D eigenvalue weighted by Crippen LogP contribution is -2.46. The van der Waals surface area contributed by atoms with Crippen LogP contribution in [0.15, 0.2) is 6.20 Å². The molecule has 0 radical (unpaired) electrons. The van der Waals surface area contributed by atoms with E-state index in [0.717, 1.165) is 12.6 Å². The molecular weight excluding hydrogens is 304 g/mol. The number of rotatable bonds is 3. The van der Waals surface area contributed by atoms with Crippen molar-refractivity contribution >= 4 is 11.8 Å². The fourth-order valence-electron chi connectivity index (χ4n) is 2.36. The number of hydrogen-bond acceptors (Lipinski definition) is 6. The number of nitro groups is 1. The molecule has 0 spiro atoms. The Hall–Kier alpha value is -2.32. The minimum Gasteiger partial charge on any atom is -0.468 e. The van der Waals surface area contributed by atoms with Crippen LogP contribution in [0.5, 0.6) is 5.88 Å². The van der Waals surface area contributed by atoms with Gasteiger partial charge in [0.15, 0.2) is 0 Å². The standard InChI is InChI=1S/C14H22N4O5/c1-14(2,3)23-13(19)17-7-5-6-10(9-17)22-12-11(18(20)21)8-15-16(12)4/h8,10H,5-7,9H2,1-4H3. The molecule has 0 aliphatic carbocycles. The molecule has 128 valence electrons. The van der Waals surface area contributed by atoms with Crippen LogP contribution in [0, 0.1) is 10.1 Å². The monoisotopic (exact) mass is 326 g/mol. The second kappa shape index (κ2) is 6.43. The van der Waals surface area contributed by atoms with Crippen LogP contribution in [0.2, 0.25) is 0 Å². The van der Waals surface area contributed by atoms with Crippen molar-refractivity contribution in [3.05, 3.63) is 16.3 Å². The molecule has 1 amide bonds. The Bertz CT molecular complexity index is 592. The molecule has 1 aromatic rings. The Labute approximate surface area is 134 Å². The van der Waals surface area contributed by atoms with E-state index < -0.39 is 16.6 Å². The first-order valence-corrected chi connectivity index (χ1v) is 7.48. The van der Waals surface area contributed by atoms with Gasteiger partial charge in [0.05, 0.1) is 11.5 Å². The third kappa shape index (κ3) is 4.33. The van der Waals surface area contributed by atoms with Crippen LogP contribution in [-0.4, -0.2) is 50.5 Å². The van der Waals surface area contributed by atoms with Gasteiger partial charge in [0.25, 0.3) is 5.88 Å². The second-order valence-electron chi connectivity index (χ2n) is 6.52. The summed E-state index contributed by atoms with van der Waals surface area (Å²) >= 11 is 0. The summed E-state index contributed by atoms with van der Waals surface area (Å²) in [6.45, 7) is 6.34. The molecule has 1 fully saturated rings. The first-order chi connectivity index (χ1) is 10.7. The summed E-state index contributed by atoms with van der Waals surface area (Å²) in [4.78, 5) is 24.2. The molecule has 0 N–H and O–H groups in total. The van der Waals surface area contributed by atoms with Crippen LogP contribution in [0.25, 0.3) is 0 Å². The zero-order valence-electron chi connectivity index (χ0n) is 13.8. The van der Waals surface area contributed by atoms with E-state index in [2.05, 4.69) is 5.10 Å². The number of amides is 1. The van der Waals surface area contributed by atoms with Gasteiger partial charge in [0.2, 0.25) is 0 Å². The van der Waals surface area contributed by atoms with E-state index in [1.165, 1.54) is 4.68 Å². The number of aryl methyl sites for hydroxylation is 1. The highest BCUT2D eigenvalue weighted by Crippen LogP contribution is 2.28. The molecule has 0 saturated carbocycles. The van der Waals surface area contributed by atoms with Gasteiger partial charge in [0.1, 0.15) is 17.9 Å². The van der Waals surface area contributed by atoms with E-state index in [4.69, 9.17) is 9.47 Å². The summed E-state index contributed by atoms with van der Waals surface area (Å²) < 4.78 is 12.4. The Morgan fingerprint density at radius 3 is 2.78 bits per heavy atom. The largest absolute Gasteiger partial charge is 0.468 e. The Morgan fingerprint density at radius 2 is 2.17 bits per heavy atom. The van der Waals surface area contributed by atoms with Crippen LogP contribution >= 0.6 is 0 Å². The van der Waals surface area contributed by atoms with Crippen molar-refractivity contribution in [2.75, 3.05) is 13.1 Å². The first-order valence-electron chi connectivity index (χ1n) is 7.48. The molecule has 1 aromatic heterocycles. The van der Waals surface area contributed by atoms with Crippen molar-refractivity contribution in [3.8, 4) is 5.88 Å². The fourth-order valence-corrected chi connectivity index (χ4v) is 2.36. The van der Waals surface area contributed by atoms with Crippen molar-refractivity contribution in [1.29, 1.82) is 0 Å². The molecule has 1 atom stereocenters. The zero-order valence-corrected chi connectivity index (χ0v) is 13.8. The highest BCUT2D eigenvalue weighted by Gasteiger charge is 2.31. The van der Waals surface area contributed by atoms with Crippen molar-refractivity contribution in [2.45, 2.75) is 45.3 Å². The minimum atomic E-state index is -0.564. The van der Waals surface area contributed by atoms with Gasteiger partial charge in [-0.05, 0) is 33.6 Å². The molecule has 2 heterocycles. The van der Waals surface area contributed by atoms with E-state index in [1.54, 1.807) is 11.9 Å². The quantitative estimate of drug-likeness (QED) is 0.623. The van der Waals surface area contributed by atoms with Crippen molar-refractivity contribution < 1.29 is 19.2 Å². The molecular formula is C14H22N4O5. The molecule has 9 heteroatoms. The average molecular weight is 326 g/mol. The predicted octanol–water partition coefficient (Wildman–Crippen LogP) is 2.11. The Morgan fingerprint density at radius 1 is 1.48 bits per heavy atom. The number of carbonyl (C=O) groups is 1. The number of ether oxygens (including phenoxy) is 2. The number of piperidine rings is 1. The van der Waals surface area contributed by atoms with Crippen LogP contribution in [0.1, 0.15) is 33.6 Å². The van der Waals surface area contributed by atoms with Gasteiger partial charge in [-0.1, -0.05) is 0 Å². The van der Waals surface area contributed by atoms with Crippen LogP contribution in [-0.2, 0) is 11.8 Å². The average Bonchev–Trinajstić information content (AvgIpc) is 2.79. The minimum absolute atomic E-state index is 0.103. The number of hydrogen-bond donors (Lipinski definition) is 0. The first kappa shape index (κ1) is 17.0. The van der Waals surface area contributed by atoms with Crippen molar-refractivity contribution in [1.82, 2.24) is 14.7 Å². The van der Waals surface area contributed by atoms with Crippen LogP contribution in [0.3, 0.4) is 0 Å². The third-order valence-corrected chi connectivity index (χ3v) is 3.37. The smallest absolute Gasteiger partial charge is 0.410 e. The summed E-state index contributed by atoms with van der Waals surface area (Å²) in [7, 11) is 1.58. The molecule has 1 saturated heterocycles. The van der Waals surface area contributed by atoms with Gasteiger partial charge in [-0.2, -0.15) is 5.10 Å². The Kier molecular flexibility index (Phi) is 4.76. The molecule has 1 aliphatic heterocycles. The predicted molar refractivity (Wildman–Crippen MR) is 81.3 cm³/mol. The van der Waals surface area contributed by atoms with Gasteiger partial charge < -0.3 is 14.4 Å². The highest BCUT2D eigenvalue weighted by molar-refractivity contribution is 5.68. The van der Waals surface area contributed by atoms with Crippen molar-refractivity contribution in [3.63, 3.8) is 0 Å². The maximum Gasteiger partial charge on any atom is 0.410 e. The van der Waals surface area contributed by atoms with E-state index in [-0.39, 0.29) is 17.7 Å². The molecule has 1 unspecified atom stereocenters. The van der Waals surface area contributed by atoms with Gasteiger partial charge in [-0.3, -0.25) is 10.1 Å². The SMILES string of the molecule is Cn1ncc([N+](=O)[O-])c1OC1CCCN(C(=O)OC(C)(C)C)C1. The maximum atomic E-state index is 12.1. The van der Waals surface area contributed by atoms with Gasteiger partial charge in [-0.25, -0.2) is 9.48 Å². The normalized spacial score (nSPS) is 18.6. The molecule has 0 bridgehead atoms. The lowest BCUT2D eigenvalue weighted by Gasteiger charge is -2.33. The lowest BCUT2D eigenvalue weighted by atomic mass is 10.1. The summed E-state index contributed by atoms with van der Waals surface area (Å²) in [5, 5.41) is 14.8. The van der Waals surface area contributed by atoms with Gasteiger partial charge >= 0.3 is 11.8 Å². The summed E-state index contributed by atoms with van der Waals surface area (Å²) in [6, 6.07) is 0. The summed E-state index contributed by atoms with van der Waals surface area (Å²) in [5.41, 5.74) is -0.743. The fraction of sp³-hybridized carbons (Fsp3) is 0.714. The molecule has 23 heavy (non-hydrogen) atoms. The second-order valence-corrected chi connectivity index (χ2v) is 6.52. The number of carbonyl (C=O) groups excluding carboxylic acids is 1. The molecule has 9 nitrogen and oxygen atoms in total. The van der Waals surface area contributed by atoms with E-state index in [1.807, 2.05) is 20.8 Å². The van der Waals surface area contributed by atoms with E-state index in [9.17, 15) is 14.9 Å². The summed E-state index contributed by atoms with van der Waals surface area (Å²) in [5.74, 6) is 0.103. The third-order valence-electron chi connectivity index (χ3n) is 3.37. The summed E-state index contributed by atoms with van der Waals surface area (Å²) in [6.07, 6.45) is 1.89. The lowest BCUT2D eigenvalue weighted by molar-refractivity contribution is -0.386. The molecule has 0 aromatic carbocycles. The maximum absolute atomic E-state index is 12.1. The van der Waals surface area contributed by atoms with E-state index in [0.29, 0.717) is 19.5 Å². The topological polar surface area (TPSA) is 99.7 Å². The van der Waals surface area contributed by atoms with Gasteiger partial charge in [-0.15, -0.1) is 0 Å². The van der Waals surface area contributed by atoms with E-state index >= 15 is 0 Å². The van der Waals surface area contributed by atoms with Crippen LogP contribution < -0.4 is 4.74 Å². The highest BCUT2D eigenvalue weighted by atomic mass is 16.6. The number of likely N-dealkylation sites (tertiary alicyclic amines) is 1. The van der Waals surface area contributed by atoms with Crippen molar-refractivity contribution in [2.24, 2.45) is 7.05 Å². The Balaban J connectivity index is 2.03. The number of nitrogens with zero attached hydrogens (tertiary/aromatic N) is 4. The molecule has 1 aliphatic rings. The molecule has 2 rings (SSSR count). The number of aromatic nitrogens is 2. The van der Waals surface area contributed by atoms with Gasteiger partial charge in [0, 0.05) is 13.6 Å².